The van der Waals surface area contributed by atoms with Gasteiger partial charge in [0.15, 0.2) is 17.6 Å². The van der Waals surface area contributed by atoms with Gasteiger partial charge in [0.25, 0.3) is 0 Å². The number of hydrogen-bond acceptors (Lipinski definition) is 9. The van der Waals surface area contributed by atoms with E-state index in [1.165, 1.54) is 24.3 Å². The quantitative estimate of drug-likeness (QED) is 0.184. The zero-order chi connectivity index (χ0) is 18.0. The van der Waals surface area contributed by atoms with E-state index in [1.807, 2.05) is 0 Å². The van der Waals surface area contributed by atoms with Crippen molar-refractivity contribution in [2.75, 3.05) is 0 Å². The molecule has 7 N–H and O–H groups in total. The molecule has 0 aliphatic heterocycles. The molecule has 9 nitrogen and oxygen atoms in total. The van der Waals surface area contributed by atoms with Crippen molar-refractivity contribution < 1.29 is 45.3 Å². The summed E-state index contributed by atoms with van der Waals surface area (Å²) in [5.74, 6) is -1.71. The summed E-state index contributed by atoms with van der Waals surface area (Å²) in [6.07, 6.45) is -8.40. The van der Waals surface area contributed by atoms with Crippen molar-refractivity contribution in [3.05, 3.63) is 29.8 Å². The monoisotopic (exact) mass is 342 g/mol. The lowest BCUT2D eigenvalue weighted by molar-refractivity contribution is -0.231. The third-order valence-electron chi connectivity index (χ3n) is 3.74. The molecule has 0 saturated heterocycles. The molecule has 1 fully saturated rings. The molecule has 6 atom stereocenters. The smallest absolute Gasteiger partial charge is 0.331 e. The van der Waals surface area contributed by atoms with Gasteiger partial charge in [-0.25, -0.2) is 4.79 Å². The molecule has 132 valence electrons. The molecule has 9 heteroatoms. The molecule has 1 aromatic rings. The highest BCUT2D eigenvalue weighted by Gasteiger charge is 2.50. The Morgan fingerprint density at radius 1 is 0.875 bits per heavy atom. The van der Waals surface area contributed by atoms with Crippen molar-refractivity contribution >= 4 is 12.0 Å². The first-order valence-corrected chi connectivity index (χ1v) is 7.03. The van der Waals surface area contributed by atoms with E-state index >= 15 is 0 Å². The number of carbonyl (C=O) groups excluding carboxylic acids is 1. The Hall–Kier alpha value is -2.17. The minimum atomic E-state index is -1.79. The fraction of sp³-hybridized carbons (Fsp3) is 0.400. The zero-order valence-electron chi connectivity index (χ0n) is 12.3. The highest BCUT2D eigenvalue weighted by atomic mass is 16.6. The Morgan fingerprint density at radius 2 is 1.42 bits per heavy atom. The van der Waals surface area contributed by atoms with Crippen LogP contribution >= 0.6 is 0 Å². The van der Waals surface area contributed by atoms with Crippen molar-refractivity contribution in [3.8, 4) is 11.5 Å². The summed E-state index contributed by atoms with van der Waals surface area (Å²) < 4.78 is 4.81. The Labute approximate surface area is 136 Å². The number of hydrogen-bond donors (Lipinski definition) is 7. The molecule has 1 aliphatic carbocycles. The molecule has 2 rings (SSSR count). The largest absolute Gasteiger partial charge is 0.504 e. The molecule has 0 radical (unpaired) electrons. The van der Waals surface area contributed by atoms with Crippen LogP contribution in [0.2, 0.25) is 0 Å². The number of aliphatic hydroxyl groups is 5. The molecule has 24 heavy (non-hydrogen) atoms. The molecule has 1 saturated carbocycles. The lowest BCUT2D eigenvalue weighted by atomic mass is 9.85. The summed E-state index contributed by atoms with van der Waals surface area (Å²) in [4.78, 5) is 11.8. The van der Waals surface area contributed by atoms with Crippen LogP contribution in [0.5, 0.6) is 11.5 Å². The highest BCUT2D eigenvalue weighted by Crippen LogP contribution is 2.26. The highest BCUT2D eigenvalue weighted by molar-refractivity contribution is 5.87. The van der Waals surface area contributed by atoms with Gasteiger partial charge >= 0.3 is 5.97 Å². The molecule has 0 heterocycles. The van der Waals surface area contributed by atoms with Crippen molar-refractivity contribution in [2.45, 2.75) is 36.6 Å². The second kappa shape index (κ2) is 7.16. The van der Waals surface area contributed by atoms with E-state index in [2.05, 4.69) is 0 Å². The van der Waals surface area contributed by atoms with E-state index in [1.54, 1.807) is 0 Å². The lowest BCUT2D eigenvalue weighted by Gasteiger charge is -2.40. The number of phenolic OH excluding ortho intramolecular Hbond substituents is 2. The predicted octanol–water partition coefficient (Wildman–Crippen LogP) is -2.16. The lowest BCUT2D eigenvalue weighted by Crippen LogP contribution is -2.64. The fourth-order valence-electron chi connectivity index (χ4n) is 2.32. The fourth-order valence-corrected chi connectivity index (χ4v) is 2.32. The second-order valence-corrected chi connectivity index (χ2v) is 5.44. The van der Waals surface area contributed by atoms with Gasteiger partial charge in [0.2, 0.25) is 0 Å². The molecule has 2 unspecified atom stereocenters. The summed E-state index contributed by atoms with van der Waals surface area (Å²) in [5, 5.41) is 66.5. The topological polar surface area (TPSA) is 168 Å². The van der Waals surface area contributed by atoms with Gasteiger partial charge in [-0.1, -0.05) is 6.07 Å². The van der Waals surface area contributed by atoms with Crippen LogP contribution in [0.1, 0.15) is 5.56 Å². The van der Waals surface area contributed by atoms with E-state index in [0.29, 0.717) is 5.56 Å². The van der Waals surface area contributed by atoms with Gasteiger partial charge in [-0.3, -0.25) is 0 Å². The summed E-state index contributed by atoms with van der Waals surface area (Å²) >= 11 is 0. The number of carbonyl (C=O) groups is 1. The number of rotatable bonds is 3. The van der Waals surface area contributed by atoms with Crippen molar-refractivity contribution in [2.24, 2.45) is 0 Å². The summed E-state index contributed by atoms with van der Waals surface area (Å²) in [6.45, 7) is 0. The van der Waals surface area contributed by atoms with E-state index < -0.39 is 42.6 Å². The second-order valence-electron chi connectivity index (χ2n) is 5.44. The Kier molecular flexibility index (Phi) is 5.42. The van der Waals surface area contributed by atoms with Crippen LogP contribution in [0.25, 0.3) is 6.08 Å². The van der Waals surface area contributed by atoms with Crippen LogP contribution in [0, 0.1) is 0 Å². The zero-order valence-corrected chi connectivity index (χ0v) is 12.3. The standard InChI is InChI=1S/C15H18O9/c16-7-3-1-6(5-8(7)17)2-4-9(18)24-15-13(22)11(20)10(19)12(21)14(15)23/h1-5,10-17,19-23H/t10?,11-,12-,13-,14+,15?/m1/s1. The number of aromatic hydroxyl groups is 2. The van der Waals surface area contributed by atoms with E-state index in [9.17, 15) is 40.5 Å². The molecule has 0 amide bonds. The third kappa shape index (κ3) is 3.66. The van der Waals surface area contributed by atoms with E-state index in [-0.39, 0.29) is 11.5 Å². The van der Waals surface area contributed by atoms with Gasteiger partial charge in [0.05, 0.1) is 0 Å². The third-order valence-corrected chi connectivity index (χ3v) is 3.74. The molecule has 0 aromatic heterocycles. The maximum absolute atomic E-state index is 11.8. The first kappa shape index (κ1) is 18.2. The average Bonchev–Trinajstić information content (AvgIpc) is 2.56. The Morgan fingerprint density at radius 3 is 1.96 bits per heavy atom. The van der Waals surface area contributed by atoms with Crippen LogP contribution in [-0.4, -0.2) is 78.3 Å². The van der Waals surface area contributed by atoms with Gasteiger partial charge in [-0.15, -0.1) is 0 Å². The van der Waals surface area contributed by atoms with Gasteiger partial charge in [-0.05, 0) is 23.8 Å². The van der Waals surface area contributed by atoms with E-state index in [0.717, 1.165) is 6.08 Å². The molecular formula is C15H18O9. The maximum Gasteiger partial charge on any atom is 0.331 e. The predicted molar refractivity (Wildman–Crippen MR) is 78.7 cm³/mol. The van der Waals surface area contributed by atoms with Crippen molar-refractivity contribution in [1.29, 1.82) is 0 Å². The number of phenols is 2. The van der Waals surface area contributed by atoms with E-state index in [4.69, 9.17) is 4.74 Å². The van der Waals surface area contributed by atoms with Crippen molar-refractivity contribution in [3.63, 3.8) is 0 Å². The van der Waals surface area contributed by atoms with Crippen LogP contribution < -0.4 is 0 Å². The van der Waals surface area contributed by atoms with Gasteiger partial charge in [0.1, 0.15) is 30.5 Å². The Balaban J connectivity index is 2.05. The maximum atomic E-state index is 11.8. The van der Waals surface area contributed by atoms with Crippen LogP contribution in [0.4, 0.5) is 0 Å². The first-order valence-electron chi connectivity index (χ1n) is 7.03. The van der Waals surface area contributed by atoms with Gasteiger partial charge in [0, 0.05) is 6.08 Å². The molecule has 1 aromatic carbocycles. The minimum Gasteiger partial charge on any atom is -0.504 e. The SMILES string of the molecule is O=C(C=Cc1ccc(O)c(O)c1)OC1[C@@H](O)[C@H](O)C(O)[C@@H](O)[C@H]1O. The van der Waals surface area contributed by atoms with Crippen LogP contribution in [0.15, 0.2) is 24.3 Å². The van der Waals surface area contributed by atoms with Gasteiger partial charge in [-0.2, -0.15) is 0 Å². The average molecular weight is 342 g/mol. The number of ether oxygens (including phenoxy) is 1. The van der Waals surface area contributed by atoms with Crippen LogP contribution in [-0.2, 0) is 9.53 Å². The minimum absolute atomic E-state index is 0.329. The molecule has 0 spiro atoms. The number of aliphatic hydroxyl groups excluding tert-OH is 5. The summed E-state index contributed by atoms with van der Waals surface area (Å²) in [5.41, 5.74) is 0.363. The summed E-state index contributed by atoms with van der Waals surface area (Å²) in [7, 11) is 0. The molecule has 1 aliphatic rings. The molecule has 0 bridgehead atoms. The van der Waals surface area contributed by atoms with Crippen molar-refractivity contribution in [1.82, 2.24) is 0 Å². The normalized spacial score (nSPS) is 33.5. The van der Waals surface area contributed by atoms with Crippen LogP contribution in [0.3, 0.4) is 0 Å². The number of benzene rings is 1. The molecular weight excluding hydrogens is 324 g/mol. The first-order chi connectivity index (χ1) is 11.2. The Bertz CT molecular complexity index is 613. The summed E-state index contributed by atoms with van der Waals surface area (Å²) in [6, 6.07) is 3.81. The van der Waals surface area contributed by atoms with Gasteiger partial charge < -0.3 is 40.5 Å². The number of esters is 1.